The van der Waals surface area contributed by atoms with Crippen LogP contribution in [0.4, 0.5) is 4.39 Å². The van der Waals surface area contributed by atoms with E-state index in [-0.39, 0.29) is 16.5 Å². The van der Waals surface area contributed by atoms with Gasteiger partial charge >= 0.3 is 0 Å². The maximum absolute atomic E-state index is 13.9. The Hall–Kier alpha value is -1.47. The van der Waals surface area contributed by atoms with Gasteiger partial charge in [-0.3, -0.25) is 4.79 Å². The second kappa shape index (κ2) is 5.73. The maximum atomic E-state index is 13.9. The lowest BCUT2D eigenvalue weighted by Gasteiger charge is -2.27. The summed E-state index contributed by atoms with van der Waals surface area (Å²) in [4.78, 5) is 13.8. The van der Waals surface area contributed by atoms with Crippen molar-refractivity contribution in [3.05, 3.63) is 29.6 Å². The normalized spacial score (nSPS) is 15.3. The number of halogens is 1. The van der Waals surface area contributed by atoms with Gasteiger partial charge in [0, 0.05) is 12.6 Å². The summed E-state index contributed by atoms with van der Waals surface area (Å²) in [5.41, 5.74) is -0.254. The SMILES string of the molecule is CC(C)N(CC1CC1)C(=O)c1cc(S(N)(=O)=O)ccc1F. The summed E-state index contributed by atoms with van der Waals surface area (Å²) >= 11 is 0. The summed E-state index contributed by atoms with van der Waals surface area (Å²) in [6.45, 7) is 4.26. The van der Waals surface area contributed by atoms with Gasteiger partial charge in [0.2, 0.25) is 10.0 Å². The summed E-state index contributed by atoms with van der Waals surface area (Å²) in [6, 6.07) is 2.94. The molecule has 0 bridgehead atoms. The molecule has 1 aliphatic rings. The van der Waals surface area contributed by atoms with Crippen LogP contribution in [-0.2, 0) is 10.0 Å². The van der Waals surface area contributed by atoms with Crippen molar-refractivity contribution >= 4 is 15.9 Å². The number of hydrogen-bond acceptors (Lipinski definition) is 3. The van der Waals surface area contributed by atoms with E-state index in [2.05, 4.69) is 0 Å². The van der Waals surface area contributed by atoms with E-state index in [4.69, 9.17) is 5.14 Å². The zero-order chi connectivity index (χ0) is 15.8. The predicted molar refractivity (Wildman–Crippen MR) is 76.7 cm³/mol. The highest BCUT2D eigenvalue weighted by molar-refractivity contribution is 7.89. The van der Waals surface area contributed by atoms with Crippen molar-refractivity contribution in [1.82, 2.24) is 4.90 Å². The number of hydrogen-bond donors (Lipinski definition) is 1. The highest BCUT2D eigenvalue weighted by Gasteiger charge is 2.30. The molecule has 0 heterocycles. The van der Waals surface area contributed by atoms with Gasteiger partial charge in [-0.05, 0) is 50.8 Å². The van der Waals surface area contributed by atoms with E-state index >= 15 is 0 Å². The molecule has 5 nitrogen and oxygen atoms in total. The third-order valence-corrected chi connectivity index (χ3v) is 4.44. The van der Waals surface area contributed by atoms with E-state index in [1.807, 2.05) is 13.8 Å². The Morgan fingerprint density at radius 1 is 1.43 bits per heavy atom. The second-order valence-corrected chi connectivity index (χ2v) is 7.24. The van der Waals surface area contributed by atoms with Crippen molar-refractivity contribution in [2.75, 3.05) is 6.54 Å². The van der Waals surface area contributed by atoms with E-state index in [1.165, 1.54) is 0 Å². The van der Waals surface area contributed by atoms with E-state index in [0.29, 0.717) is 12.5 Å². The van der Waals surface area contributed by atoms with Crippen LogP contribution in [-0.4, -0.2) is 31.8 Å². The third kappa shape index (κ3) is 3.79. The van der Waals surface area contributed by atoms with Gasteiger partial charge in [-0.2, -0.15) is 0 Å². The van der Waals surface area contributed by atoms with Crippen molar-refractivity contribution in [3.8, 4) is 0 Å². The van der Waals surface area contributed by atoms with Gasteiger partial charge < -0.3 is 4.90 Å². The van der Waals surface area contributed by atoms with Crippen molar-refractivity contribution in [1.29, 1.82) is 0 Å². The van der Waals surface area contributed by atoms with E-state index in [0.717, 1.165) is 31.0 Å². The Labute approximate surface area is 124 Å². The summed E-state index contributed by atoms with van der Waals surface area (Å²) < 4.78 is 36.6. The molecule has 1 amide bonds. The minimum Gasteiger partial charge on any atom is -0.336 e. The van der Waals surface area contributed by atoms with Gasteiger partial charge in [-0.15, -0.1) is 0 Å². The molecule has 0 radical (unpaired) electrons. The Bertz CT molecular complexity index is 654. The molecular weight excluding hydrogens is 295 g/mol. The van der Waals surface area contributed by atoms with Crippen molar-refractivity contribution in [2.24, 2.45) is 11.1 Å². The Balaban J connectivity index is 2.36. The molecule has 0 aromatic heterocycles. The highest BCUT2D eigenvalue weighted by atomic mass is 32.2. The molecule has 116 valence electrons. The van der Waals surface area contributed by atoms with Gasteiger partial charge in [0.15, 0.2) is 0 Å². The second-order valence-electron chi connectivity index (χ2n) is 5.68. The van der Waals surface area contributed by atoms with Crippen molar-refractivity contribution in [3.63, 3.8) is 0 Å². The van der Waals surface area contributed by atoms with E-state index in [1.54, 1.807) is 4.90 Å². The molecule has 0 spiro atoms. The number of carbonyl (C=O) groups is 1. The molecule has 21 heavy (non-hydrogen) atoms. The van der Waals surface area contributed by atoms with Crippen LogP contribution in [0.1, 0.15) is 37.0 Å². The zero-order valence-corrected chi connectivity index (χ0v) is 12.9. The average Bonchev–Trinajstić information content (AvgIpc) is 3.18. The highest BCUT2D eigenvalue weighted by Crippen LogP contribution is 2.31. The molecule has 7 heteroatoms. The number of rotatable bonds is 5. The monoisotopic (exact) mass is 314 g/mol. The number of nitrogens with two attached hydrogens (primary N) is 1. The lowest BCUT2D eigenvalue weighted by atomic mass is 10.1. The molecule has 0 atom stereocenters. The molecule has 1 aromatic rings. The van der Waals surface area contributed by atoms with Crippen LogP contribution in [0.5, 0.6) is 0 Å². The molecule has 0 unspecified atom stereocenters. The first kappa shape index (κ1) is 15.9. The average molecular weight is 314 g/mol. The Kier molecular flexibility index (Phi) is 4.34. The Morgan fingerprint density at radius 2 is 2.05 bits per heavy atom. The fraction of sp³-hybridized carbons (Fsp3) is 0.500. The first-order valence-corrected chi connectivity index (χ1v) is 8.38. The number of benzene rings is 1. The van der Waals surface area contributed by atoms with Crippen LogP contribution in [0.25, 0.3) is 0 Å². The number of amides is 1. The van der Waals surface area contributed by atoms with Crippen molar-refractivity contribution in [2.45, 2.75) is 37.6 Å². The molecule has 2 N–H and O–H groups in total. The van der Waals surface area contributed by atoms with Crippen LogP contribution < -0.4 is 5.14 Å². The molecule has 1 fully saturated rings. The topological polar surface area (TPSA) is 80.5 Å². The summed E-state index contributed by atoms with van der Waals surface area (Å²) in [5.74, 6) is -0.783. The van der Waals surface area contributed by atoms with Gasteiger partial charge in [0.1, 0.15) is 5.82 Å². The lowest BCUT2D eigenvalue weighted by Crippen LogP contribution is -2.39. The van der Waals surface area contributed by atoms with E-state index in [9.17, 15) is 17.6 Å². The summed E-state index contributed by atoms with van der Waals surface area (Å²) in [6.07, 6.45) is 2.13. The Morgan fingerprint density at radius 3 is 2.52 bits per heavy atom. The number of carbonyl (C=O) groups excluding carboxylic acids is 1. The first-order valence-electron chi connectivity index (χ1n) is 6.83. The standard InChI is InChI=1S/C14H19FN2O3S/c1-9(2)17(8-10-3-4-10)14(18)12-7-11(21(16,19)20)5-6-13(12)15/h5-7,9-10H,3-4,8H2,1-2H3,(H2,16,19,20). The largest absolute Gasteiger partial charge is 0.336 e. The molecule has 1 aliphatic carbocycles. The van der Waals surface area contributed by atoms with Crippen molar-refractivity contribution < 1.29 is 17.6 Å². The van der Waals surface area contributed by atoms with Crippen LogP contribution in [0.2, 0.25) is 0 Å². The first-order chi connectivity index (χ1) is 9.70. The maximum Gasteiger partial charge on any atom is 0.257 e. The van der Waals surface area contributed by atoms with Crippen LogP contribution in [0, 0.1) is 11.7 Å². The molecular formula is C14H19FN2O3S. The molecule has 1 saturated carbocycles. The fourth-order valence-corrected chi connectivity index (χ4v) is 2.65. The predicted octanol–water partition coefficient (Wildman–Crippen LogP) is 1.73. The minimum absolute atomic E-state index is 0.0874. The molecule has 0 saturated heterocycles. The summed E-state index contributed by atoms with van der Waals surface area (Å²) in [7, 11) is -3.97. The van der Waals surface area contributed by atoms with Gasteiger partial charge in [-0.25, -0.2) is 17.9 Å². The zero-order valence-electron chi connectivity index (χ0n) is 12.0. The molecule has 2 rings (SSSR count). The van der Waals surface area contributed by atoms with Gasteiger partial charge in [-0.1, -0.05) is 0 Å². The van der Waals surface area contributed by atoms with E-state index < -0.39 is 21.7 Å². The number of primary sulfonamides is 1. The minimum atomic E-state index is -3.97. The molecule has 1 aromatic carbocycles. The molecule has 0 aliphatic heterocycles. The van der Waals surface area contributed by atoms with Crippen LogP contribution in [0.3, 0.4) is 0 Å². The van der Waals surface area contributed by atoms with Gasteiger partial charge in [0.25, 0.3) is 5.91 Å². The lowest BCUT2D eigenvalue weighted by molar-refractivity contribution is 0.0691. The van der Waals surface area contributed by atoms with Crippen LogP contribution in [0.15, 0.2) is 23.1 Å². The van der Waals surface area contributed by atoms with Crippen LogP contribution >= 0.6 is 0 Å². The van der Waals surface area contributed by atoms with Gasteiger partial charge in [0.05, 0.1) is 10.5 Å². The number of nitrogens with zero attached hydrogens (tertiary/aromatic N) is 1. The third-order valence-electron chi connectivity index (χ3n) is 3.53. The quantitative estimate of drug-likeness (QED) is 0.899. The summed E-state index contributed by atoms with van der Waals surface area (Å²) in [5, 5.41) is 5.03. The fourth-order valence-electron chi connectivity index (χ4n) is 2.11. The number of sulfonamides is 1. The smallest absolute Gasteiger partial charge is 0.257 e.